The van der Waals surface area contributed by atoms with Gasteiger partial charge in [0.05, 0.1) is 10.6 Å². The molecule has 0 bridgehead atoms. The van der Waals surface area contributed by atoms with Gasteiger partial charge in [-0.3, -0.25) is 13.9 Å². The largest absolute Gasteiger partial charge is 0.352 e. The Morgan fingerprint density at radius 2 is 1.69 bits per heavy atom. The number of carbonyl (C=O) groups is 2. The lowest BCUT2D eigenvalue weighted by atomic mass is 9.95. The first-order valence-electron chi connectivity index (χ1n) is 14.2. The number of sulfonamides is 1. The van der Waals surface area contributed by atoms with Gasteiger partial charge in [0, 0.05) is 22.1 Å². The van der Waals surface area contributed by atoms with Crippen LogP contribution in [0.15, 0.2) is 76.1 Å². The van der Waals surface area contributed by atoms with Gasteiger partial charge in [-0.25, -0.2) is 8.42 Å². The molecule has 10 heteroatoms. The minimum absolute atomic E-state index is 0.0548. The van der Waals surface area contributed by atoms with Crippen LogP contribution in [-0.4, -0.2) is 43.8 Å². The van der Waals surface area contributed by atoms with E-state index >= 15 is 0 Å². The van der Waals surface area contributed by atoms with Crippen molar-refractivity contribution >= 4 is 55.1 Å². The fourth-order valence-corrected chi connectivity index (χ4v) is 7.11. The first-order valence-corrected chi connectivity index (χ1v) is 16.8. The number of nitrogens with one attached hydrogen (secondary N) is 1. The van der Waals surface area contributed by atoms with Crippen molar-refractivity contribution in [3.05, 3.63) is 92.9 Å². The minimum Gasteiger partial charge on any atom is -0.352 e. The predicted molar refractivity (Wildman–Crippen MR) is 171 cm³/mol. The summed E-state index contributed by atoms with van der Waals surface area (Å²) >= 11 is 9.88. The molecule has 7 nitrogen and oxygen atoms in total. The molecular weight excluding hydrogens is 638 g/mol. The van der Waals surface area contributed by atoms with E-state index in [4.69, 9.17) is 11.6 Å². The number of halogens is 2. The highest BCUT2D eigenvalue weighted by Crippen LogP contribution is 2.29. The maximum atomic E-state index is 14.1. The van der Waals surface area contributed by atoms with E-state index in [1.165, 1.54) is 17.0 Å². The first-order chi connectivity index (χ1) is 20.0. The Labute approximate surface area is 262 Å². The molecule has 3 aromatic carbocycles. The smallest absolute Gasteiger partial charge is 0.264 e. The summed E-state index contributed by atoms with van der Waals surface area (Å²) in [7, 11) is -4.16. The highest BCUT2D eigenvalue weighted by atomic mass is 79.9. The number of carbonyl (C=O) groups excluding carboxylic acids is 2. The van der Waals surface area contributed by atoms with Gasteiger partial charge in [0.2, 0.25) is 11.8 Å². The third-order valence-electron chi connectivity index (χ3n) is 7.69. The van der Waals surface area contributed by atoms with Crippen molar-refractivity contribution in [1.82, 2.24) is 10.2 Å². The number of hydrogen-bond donors (Lipinski definition) is 1. The van der Waals surface area contributed by atoms with Gasteiger partial charge in [0.15, 0.2) is 0 Å². The highest BCUT2D eigenvalue weighted by Gasteiger charge is 2.33. The monoisotopic (exact) mass is 673 g/mol. The van der Waals surface area contributed by atoms with Crippen LogP contribution >= 0.6 is 27.5 Å². The number of benzene rings is 3. The molecule has 2 amide bonds. The normalized spacial score (nSPS) is 14.7. The van der Waals surface area contributed by atoms with Crippen LogP contribution in [0.4, 0.5) is 5.69 Å². The Morgan fingerprint density at radius 1 is 1.00 bits per heavy atom. The van der Waals surface area contributed by atoms with E-state index in [9.17, 15) is 18.0 Å². The maximum Gasteiger partial charge on any atom is 0.264 e. The molecule has 1 aliphatic rings. The van der Waals surface area contributed by atoms with Crippen molar-refractivity contribution in [1.29, 1.82) is 0 Å². The second-order valence-corrected chi connectivity index (χ2v) is 14.1. The van der Waals surface area contributed by atoms with Crippen LogP contribution in [0.5, 0.6) is 0 Å². The predicted octanol–water partition coefficient (Wildman–Crippen LogP) is 6.78. The molecule has 1 N–H and O–H groups in total. The molecule has 1 fully saturated rings. The number of hydrogen-bond acceptors (Lipinski definition) is 4. The van der Waals surface area contributed by atoms with Crippen LogP contribution in [-0.2, 0) is 26.2 Å². The highest BCUT2D eigenvalue weighted by molar-refractivity contribution is 9.10. The van der Waals surface area contributed by atoms with Crippen LogP contribution in [0.3, 0.4) is 0 Å². The van der Waals surface area contributed by atoms with Crippen molar-refractivity contribution < 1.29 is 18.0 Å². The number of nitrogens with zero attached hydrogens (tertiary/aromatic N) is 2. The topological polar surface area (TPSA) is 86.8 Å². The van der Waals surface area contributed by atoms with Gasteiger partial charge < -0.3 is 10.2 Å². The Kier molecular flexibility index (Phi) is 10.7. The molecule has 0 heterocycles. The summed E-state index contributed by atoms with van der Waals surface area (Å²) in [5.74, 6) is -0.759. The van der Waals surface area contributed by atoms with E-state index in [0.717, 1.165) is 57.6 Å². The van der Waals surface area contributed by atoms with Crippen LogP contribution < -0.4 is 9.62 Å². The van der Waals surface area contributed by atoms with Crippen molar-refractivity contribution in [2.75, 3.05) is 10.8 Å². The average Bonchev–Trinajstić information content (AvgIpc) is 2.96. The first kappa shape index (κ1) is 32.0. The molecule has 0 aromatic heterocycles. The second kappa shape index (κ2) is 14.1. The summed E-state index contributed by atoms with van der Waals surface area (Å²) in [6.07, 6.45) is 5.10. The molecule has 0 aliphatic heterocycles. The molecule has 42 heavy (non-hydrogen) atoms. The molecule has 0 spiro atoms. The van der Waals surface area contributed by atoms with E-state index in [2.05, 4.69) is 21.2 Å². The summed E-state index contributed by atoms with van der Waals surface area (Å²) < 4.78 is 29.9. The molecule has 0 saturated heterocycles. The number of aryl methyl sites for hydroxylation is 2. The Morgan fingerprint density at radius 3 is 2.33 bits per heavy atom. The van der Waals surface area contributed by atoms with Gasteiger partial charge in [-0.15, -0.1) is 0 Å². The van der Waals surface area contributed by atoms with Gasteiger partial charge >= 0.3 is 0 Å². The van der Waals surface area contributed by atoms with Crippen molar-refractivity contribution in [3.8, 4) is 0 Å². The molecule has 0 radical (unpaired) electrons. The van der Waals surface area contributed by atoms with Crippen molar-refractivity contribution in [3.63, 3.8) is 0 Å². The number of rotatable bonds is 10. The quantitative estimate of drug-likeness (QED) is 0.257. The lowest BCUT2D eigenvalue weighted by Gasteiger charge is -2.33. The summed E-state index contributed by atoms with van der Waals surface area (Å²) in [5, 5.41) is 3.50. The fraction of sp³-hybridized carbons (Fsp3) is 0.375. The Bertz CT molecular complexity index is 1520. The third kappa shape index (κ3) is 7.94. The van der Waals surface area contributed by atoms with Crippen LogP contribution in [0.1, 0.15) is 55.7 Å². The van der Waals surface area contributed by atoms with E-state index in [1.807, 2.05) is 38.1 Å². The van der Waals surface area contributed by atoms with Gasteiger partial charge in [0.1, 0.15) is 12.6 Å². The van der Waals surface area contributed by atoms with Crippen molar-refractivity contribution in [2.24, 2.45) is 0 Å². The summed E-state index contributed by atoms with van der Waals surface area (Å²) in [6, 6.07) is 18.1. The lowest BCUT2D eigenvalue weighted by Crippen LogP contribution is -2.53. The van der Waals surface area contributed by atoms with Crippen LogP contribution in [0, 0.1) is 13.8 Å². The van der Waals surface area contributed by atoms with Crippen LogP contribution in [0.2, 0.25) is 5.02 Å². The number of amides is 2. The Balaban J connectivity index is 1.69. The Hall–Kier alpha value is -2.88. The zero-order chi connectivity index (χ0) is 30.4. The average molecular weight is 675 g/mol. The molecule has 1 atom stereocenters. The fourth-order valence-electron chi connectivity index (χ4n) is 5.09. The lowest BCUT2D eigenvalue weighted by molar-refractivity contribution is -0.139. The van der Waals surface area contributed by atoms with Gasteiger partial charge in [-0.2, -0.15) is 0 Å². The van der Waals surface area contributed by atoms with E-state index in [-0.39, 0.29) is 29.1 Å². The molecule has 4 rings (SSSR count). The van der Waals surface area contributed by atoms with Crippen LogP contribution in [0.25, 0.3) is 0 Å². The van der Waals surface area contributed by atoms with E-state index in [0.29, 0.717) is 5.02 Å². The molecule has 1 saturated carbocycles. The summed E-state index contributed by atoms with van der Waals surface area (Å²) in [5.41, 5.74) is 2.76. The summed E-state index contributed by atoms with van der Waals surface area (Å²) in [4.78, 5) is 29.1. The minimum atomic E-state index is -4.16. The van der Waals surface area contributed by atoms with E-state index in [1.54, 1.807) is 37.3 Å². The molecule has 3 aromatic rings. The zero-order valence-corrected chi connectivity index (χ0v) is 27.3. The van der Waals surface area contributed by atoms with Crippen molar-refractivity contribution in [2.45, 2.75) is 76.4 Å². The standard InChI is InChI=1S/C32H37BrClN3O4S/c1-22-12-16-29(17-13-22)42(40,41)37(28-15-14-23(2)30(34)19-28)21-31(38)36(20-25-8-7-9-26(33)18-25)24(3)32(39)35-27-10-5-4-6-11-27/h7-9,12-19,24,27H,4-6,10-11,20-21H2,1-3H3,(H,35,39). The SMILES string of the molecule is Cc1ccc(S(=O)(=O)N(CC(=O)N(Cc2cccc(Br)c2)C(C)C(=O)NC2CCCCC2)c2ccc(C)c(Cl)c2)cc1. The summed E-state index contributed by atoms with van der Waals surface area (Å²) in [6.45, 7) is 5.00. The van der Waals surface area contributed by atoms with Gasteiger partial charge in [0.25, 0.3) is 10.0 Å². The number of anilines is 1. The molecule has 1 unspecified atom stereocenters. The van der Waals surface area contributed by atoms with E-state index < -0.39 is 28.5 Å². The third-order valence-corrected chi connectivity index (χ3v) is 10.4. The molecule has 1 aliphatic carbocycles. The zero-order valence-electron chi connectivity index (χ0n) is 24.1. The van der Waals surface area contributed by atoms with Gasteiger partial charge in [-0.05, 0) is 81.1 Å². The van der Waals surface area contributed by atoms with Gasteiger partial charge in [-0.1, -0.05) is 82.7 Å². The molecule has 224 valence electrons. The maximum absolute atomic E-state index is 14.1. The second-order valence-electron chi connectivity index (χ2n) is 10.9. The molecular formula is C32H37BrClN3O4S.